The monoisotopic (exact) mass is 225 g/mol. The molecule has 0 aromatic carbocycles. The van der Waals surface area contributed by atoms with E-state index in [0.29, 0.717) is 12.3 Å². The fraction of sp³-hybridized carbons (Fsp3) is 0.222. The average Bonchev–Trinajstić information content (AvgIpc) is 2.63. The van der Waals surface area contributed by atoms with Gasteiger partial charge in [-0.2, -0.15) is 0 Å². The van der Waals surface area contributed by atoms with E-state index in [-0.39, 0.29) is 11.0 Å². The molecule has 0 aliphatic rings. The number of rotatable bonds is 2. The Morgan fingerprint density at radius 2 is 2.47 bits per heavy atom. The van der Waals surface area contributed by atoms with E-state index in [2.05, 4.69) is 9.97 Å². The quantitative estimate of drug-likeness (QED) is 0.575. The number of nitrogens with zero attached hydrogens (tertiary/aromatic N) is 3. The predicted octanol–water partition coefficient (Wildman–Crippen LogP) is 1.56. The molecule has 0 saturated carbocycles. The summed E-state index contributed by atoms with van der Waals surface area (Å²) in [5, 5.41) is 0.260. The van der Waals surface area contributed by atoms with E-state index in [9.17, 15) is 4.79 Å². The van der Waals surface area contributed by atoms with Gasteiger partial charge in [0.2, 0.25) is 5.28 Å². The Kier molecular flexibility index (Phi) is 2.55. The highest BCUT2D eigenvalue weighted by Gasteiger charge is 2.12. The van der Waals surface area contributed by atoms with Crippen molar-refractivity contribution in [2.45, 2.75) is 6.92 Å². The van der Waals surface area contributed by atoms with Gasteiger partial charge in [0.05, 0.1) is 6.61 Å². The Hall–Kier alpha value is -1.62. The third-order valence-corrected chi connectivity index (χ3v) is 2.10. The van der Waals surface area contributed by atoms with Gasteiger partial charge >= 0.3 is 5.97 Å². The van der Waals surface area contributed by atoms with Crippen molar-refractivity contribution >= 4 is 23.2 Å². The van der Waals surface area contributed by atoms with E-state index in [1.165, 1.54) is 16.8 Å². The Morgan fingerprint density at radius 1 is 1.67 bits per heavy atom. The number of halogens is 1. The van der Waals surface area contributed by atoms with Gasteiger partial charge < -0.3 is 4.74 Å². The zero-order chi connectivity index (χ0) is 10.8. The Morgan fingerprint density at radius 3 is 3.13 bits per heavy atom. The third-order valence-electron chi connectivity index (χ3n) is 1.82. The summed E-state index contributed by atoms with van der Waals surface area (Å²) >= 11 is 5.81. The molecule has 2 rings (SSSR count). The van der Waals surface area contributed by atoms with Crippen molar-refractivity contribution < 1.29 is 9.53 Å². The van der Waals surface area contributed by atoms with Crippen LogP contribution in [-0.2, 0) is 4.74 Å². The van der Waals surface area contributed by atoms with Crippen LogP contribution in [-0.4, -0.2) is 26.9 Å². The summed E-state index contributed by atoms with van der Waals surface area (Å²) in [5.41, 5.74) is 0.796. The molecule has 15 heavy (non-hydrogen) atoms. The van der Waals surface area contributed by atoms with E-state index < -0.39 is 5.97 Å². The van der Waals surface area contributed by atoms with Crippen molar-refractivity contribution in [1.29, 1.82) is 0 Å². The predicted molar refractivity (Wildman–Crippen MR) is 54.0 cm³/mol. The maximum absolute atomic E-state index is 11.4. The lowest BCUT2D eigenvalue weighted by atomic mass is 10.5. The molecule has 2 heterocycles. The molecule has 0 aliphatic carbocycles. The first-order valence-corrected chi connectivity index (χ1v) is 4.77. The van der Waals surface area contributed by atoms with Crippen LogP contribution >= 0.6 is 11.6 Å². The van der Waals surface area contributed by atoms with Gasteiger partial charge in [0.15, 0.2) is 5.69 Å². The van der Waals surface area contributed by atoms with E-state index in [4.69, 9.17) is 16.3 Å². The fourth-order valence-corrected chi connectivity index (χ4v) is 1.38. The molecule has 0 amide bonds. The van der Waals surface area contributed by atoms with E-state index in [0.717, 1.165) is 0 Å². The topological polar surface area (TPSA) is 56.5 Å². The normalized spacial score (nSPS) is 10.5. The number of carbonyl (C=O) groups excluding carboxylic acids is 1. The van der Waals surface area contributed by atoms with Gasteiger partial charge in [0, 0.05) is 12.4 Å². The van der Waals surface area contributed by atoms with Crippen LogP contribution in [0.3, 0.4) is 0 Å². The number of hydrogen-bond acceptors (Lipinski definition) is 4. The second kappa shape index (κ2) is 3.86. The number of imidazole rings is 1. The molecule has 0 atom stereocenters. The summed E-state index contributed by atoms with van der Waals surface area (Å²) in [5.74, 6) is -0.461. The SMILES string of the molecule is CCOC(=O)c1cn2c(Cl)nccc2n1. The van der Waals surface area contributed by atoms with Crippen LogP contribution in [0.1, 0.15) is 17.4 Å². The Balaban J connectivity index is 2.47. The Labute approximate surface area is 90.7 Å². The highest BCUT2D eigenvalue weighted by Crippen LogP contribution is 2.11. The van der Waals surface area contributed by atoms with Crippen LogP contribution in [0.15, 0.2) is 18.5 Å². The minimum atomic E-state index is -0.461. The molecule has 2 aromatic rings. The average molecular weight is 226 g/mol. The van der Waals surface area contributed by atoms with Crippen molar-refractivity contribution in [3.05, 3.63) is 29.4 Å². The summed E-state index contributed by atoms with van der Waals surface area (Å²) in [4.78, 5) is 19.3. The van der Waals surface area contributed by atoms with Crippen molar-refractivity contribution in [1.82, 2.24) is 14.4 Å². The lowest BCUT2D eigenvalue weighted by Gasteiger charge is -1.95. The molecule has 0 spiro atoms. The highest BCUT2D eigenvalue weighted by molar-refractivity contribution is 6.28. The summed E-state index contributed by atoms with van der Waals surface area (Å²) in [6, 6.07) is 1.66. The van der Waals surface area contributed by atoms with Crippen LogP contribution in [0.4, 0.5) is 0 Å². The number of fused-ring (bicyclic) bond motifs is 1. The van der Waals surface area contributed by atoms with Gasteiger partial charge in [0.25, 0.3) is 0 Å². The largest absolute Gasteiger partial charge is 0.461 e. The maximum Gasteiger partial charge on any atom is 0.358 e. The zero-order valence-corrected chi connectivity index (χ0v) is 8.73. The number of aromatic nitrogens is 3. The molecule has 78 valence electrons. The van der Waals surface area contributed by atoms with Gasteiger partial charge in [0.1, 0.15) is 5.65 Å². The second-order valence-electron chi connectivity index (χ2n) is 2.79. The molecule has 0 radical (unpaired) electrons. The Bertz CT molecular complexity index is 509. The lowest BCUT2D eigenvalue weighted by molar-refractivity contribution is 0.0520. The summed E-state index contributed by atoms with van der Waals surface area (Å²) in [6.07, 6.45) is 3.03. The zero-order valence-electron chi connectivity index (χ0n) is 7.98. The van der Waals surface area contributed by atoms with Crippen molar-refractivity contribution in [3.8, 4) is 0 Å². The fourth-order valence-electron chi connectivity index (χ4n) is 1.19. The maximum atomic E-state index is 11.4. The van der Waals surface area contributed by atoms with E-state index in [1.807, 2.05) is 0 Å². The van der Waals surface area contributed by atoms with Gasteiger partial charge in [-0.1, -0.05) is 0 Å². The highest BCUT2D eigenvalue weighted by atomic mass is 35.5. The second-order valence-corrected chi connectivity index (χ2v) is 3.13. The van der Waals surface area contributed by atoms with E-state index >= 15 is 0 Å². The van der Waals surface area contributed by atoms with Gasteiger partial charge in [-0.05, 0) is 24.6 Å². The molecular weight excluding hydrogens is 218 g/mol. The molecule has 2 aromatic heterocycles. The van der Waals surface area contributed by atoms with Crippen molar-refractivity contribution in [3.63, 3.8) is 0 Å². The minimum Gasteiger partial charge on any atom is -0.461 e. The summed E-state index contributed by atoms with van der Waals surface area (Å²) < 4.78 is 6.34. The first-order chi connectivity index (χ1) is 7.22. The van der Waals surface area contributed by atoms with Crippen LogP contribution in [0, 0.1) is 0 Å². The number of carbonyl (C=O) groups is 1. The van der Waals surface area contributed by atoms with Crippen molar-refractivity contribution in [2.75, 3.05) is 6.61 Å². The van der Waals surface area contributed by atoms with Crippen LogP contribution < -0.4 is 0 Å². The van der Waals surface area contributed by atoms with Crippen LogP contribution in [0.5, 0.6) is 0 Å². The standard InChI is InChI=1S/C9H8ClN3O2/c1-2-15-8(14)6-5-13-7(12-6)3-4-11-9(13)10/h3-5H,2H2,1H3. The molecular formula is C9H8ClN3O2. The molecule has 0 saturated heterocycles. The first kappa shape index (κ1) is 9.92. The number of ether oxygens (including phenoxy) is 1. The molecule has 6 heteroatoms. The molecule has 5 nitrogen and oxygen atoms in total. The summed E-state index contributed by atoms with van der Waals surface area (Å²) in [7, 11) is 0. The third kappa shape index (κ3) is 1.78. The van der Waals surface area contributed by atoms with Gasteiger partial charge in [-0.15, -0.1) is 0 Å². The molecule has 0 unspecified atom stereocenters. The van der Waals surface area contributed by atoms with Crippen molar-refractivity contribution in [2.24, 2.45) is 0 Å². The first-order valence-electron chi connectivity index (χ1n) is 4.39. The summed E-state index contributed by atoms with van der Waals surface area (Å²) in [6.45, 7) is 2.06. The molecule has 0 N–H and O–H groups in total. The smallest absolute Gasteiger partial charge is 0.358 e. The van der Waals surface area contributed by atoms with Crippen LogP contribution in [0.25, 0.3) is 5.65 Å². The number of esters is 1. The molecule has 0 aliphatic heterocycles. The lowest BCUT2D eigenvalue weighted by Crippen LogP contribution is -2.04. The molecule has 0 fully saturated rings. The van der Waals surface area contributed by atoms with Gasteiger partial charge in [-0.3, -0.25) is 4.40 Å². The minimum absolute atomic E-state index is 0.228. The van der Waals surface area contributed by atoms with E-state index in [1.54, 1.807) is 13.0 Å². The van der Waals surface area contributed by atoms with Gasteiger partial charge in [-0.25, -0.2) is 14.8 Å². The van der Waals surface area contributed by atoms with Crippen LogP contribution in [0.2, 0.25) is 5.28 Å². The molecule has 0 bridgehead atoms. The number of hydrogen-bond donors (Lipinski definition) is 0.